The number of rotatable bonds is 5. The van der Waals surface area contributed by atoms with Crippen molar-refractivity contribution in [2.45, 2.75) is 13.5 Å². The van der Waals surface area contributed by atoms with Crippen molar-refractivity contribution >= 4 is 29.1 Å². The Labute approximate surface area is 105 Å². The highest BCUT2D eigenvalue weighted by Crippen LogP contribution is 2.25. The summed E-state index contributed by atoms with van der Waals surface area (Å²) in [4.78, 5) is 10.9. The highest BCUT2D eigenvalue weighted by Gasteiger charge is 2.03. The minimum absolute atomic E-state index is 0.0369. The lowest BCUT2D eigenvalue weighted by atomic mass is 10.2. The Balaban J connectivity index is 2.62. The smallest absolute Gasteiger partial charge is 0.235 e. The SMILES string of the molecule is CCOc1ccc(CNC(=O)CCl)cc1Cl. The van der Waals surface area contributed by atoms with Crippen LogP contribution in [0.25, 0.3) is 0 Å². The van der Waals surface area contributed by atoms with Crippen molar-refractivity contribution in [3.63, 3.8) is 0 Å². The van der Waals surface area contributed by atoms with Gasteiger partial charge in [0.1, 0.15) is 11.6 Å². The molecule has 0 radical (unpaired) electrons. The summed E-state index contributed by atoms with van der Waals surface area (Å²) in [6.45, 7) is 2.88. The molecule has 0 saturated heterocycles. The maximum atomic E-state index is 10.9. The van der Waals surface area contributed by atoms with E-state index in [1.807, 2.05) is 13.0 Å². The Bertz CT molecular complexity index is 369. The van der Waals surface area contributed by atoms with Crippen molar-refractivity contribution in [3.8, 4) is 5.75 Å². The Morgan fingerprint density at radius 3 is 2.81 bits per heavy atom. The summed E-state index contributed by atoms with van der Waals surface area (Å²) in [5.74, 6) is 0.411. The normalized spacial score (nSPS) is 9.94. The molecule has 1 N–H and O–H groups in total. The fourth-order valence-electron chi connectivity index (χ4n) is 1.17. The van der Waals surface area contributed by atoms with Gasteiger partial charge in [-0.3, -0.25) is 4.79 Å². The highest BCUT2D eigenvalue weighted by molar-refractivity contribution is 6.32. The van der Waals surface area contributed by atoms with Crippen LogP contribution in [0, 0.1) is 0 Å². The topological polar surface area (TPSA) is 38.3 Å². The van der Waals surface area contributed by atoms with Crippen molar-refractivity contribution in [2.75, 3.05) is 12.5 Å². The van der Waals surface area contributed by atoms with Gasteiger partial charge in [-0.2, -0.15) is 0 Å². The second kappa shape index (κ2) is 6.61. The maximum Gasteiger partial charge on any atom is 0.235 e. The van der Waals surface area contributed by atoms with E-state index in [2.05, 4.69) is 5.32 Å². The van der Waals surface area contributed by atoms with E-state index in [1.165, 1.54) is 0 Å². The zero-order valence-electron chi connectivity index (χ0n) is 8.93. The van der Waals surface area contributed by atoms with Crippen LogP contribution in [0.5, 0.6) is 5.75 Å². The molecule has 1 aromatic rings. The summed E-state index contributed by atoms with van der Waals surface area (Å²) in [7, 11) is 0. The Kier molecular flexibility index (Phi) is 5.43. The molecule has 0 spiro atoms. The molecule has 88 valence electrons. The molecule has 0 fully saturated rings. The van der Waals surface area contributed by atoms with Crippen LogP contribution in [0.3, 0.4) is 0 Å². The molecule has 0 aromatic heterocycles. The van der Waals surface area contributed by atoms with Gasteiger partial charge in [0.15, 0.2) is 0 Å². The number of ether oxygens (including phenoxy) is 1. The molecular formula is C11H13Cl2NO2. The average molecular weight is 262 g/mol. The van der Waals surface area contributed by atoms with Crippen LogP contribution in [0.15, 0.2) is 18.2 Å². The first-order chi connectivity index (χ1) is 7.67. The number of hydrogen-bond acceptors (Lipinski definition) is 2. The van der Waals surface area contributed by atoms with E-state index in [9.17, 15) is 4.79 Å². The van der Waals surface area contributed by atoms with Gasteiger partial charge in [0, 0.05) is 6.54 Å². The molecule has 0 bridgehead atoms. The van der Waals surface area contributed by atoms with E-state index in [1.54, 1.807) is 12.1 Å². The van der Waals surface area contributed by atoms with E-state index >= 15 is 0 Å². The van der Waals surface area contributed by atoms with E-state index in [0.717, 1.165) is 5.56 Å². The molecule has 0 saturated carbocycles. The molecule has 16 heavy (non-hydrogen) atoms. The van der Waals surface area contributed by atoms with Crippen LogP contribution in [0.1, 0.15) is 12.5 Å². The number of halogens is 2. The first kappa shape index (κ1) is 13.1. The first-order valence-corrected chi connectivity index (χ1v) is 5.82. The molecule has 0 atom stereocenters. The third-order valence-corrected chi connectivity index (χ3v) is 2.45. The largest absolute Gasteiger partial charge is 0.492 e. The number of carbonyl (C=O) groups excluding carboxylic acids is 1. The third-order valence-electron chi connectivity index (χ3n) is 1.91. The summed E-state index contributed by atoms with van der Waals surface area (Å²) < 4.78 is 5.30. The molecule has 0 aliphatic heterocycles. The van der Waals surface area contributed by atoms with Gasteiger partial charge < -0.3 is 10.1 Å². The number of benzene rings is 1. The molecule has 1 aromatic carbocycles. The van der Waals surface area contributed by atoms with Crippen molar-refractivity contribution in [1.29, 1.82) is 0 Å². The Morgan fingerprint density at radius 2 is 2.25 bits per heavy atom. The lowest BCUT2D eigenvalue weighted by Crippen LogP contribution is -2.23. The van der Waals surface area contributed by atoms with Gasteiger partial charge in [0.05, 0.1) is 11.6 Å². The fraction of sp³-hybridized carbons (Fsp3) is 0.364. The van der Waals surface area contributed by atoms with Gasteiger partial charge in [0.25, 0.3) is 0 Å². The average Bonchev–Trinajstić information content (AvgIpc) is 2.29. The molecule has 0 aliphatic carbocycles. The van der Waals surface area contributed by atoms with Gasteiger partial charge in [-0.1, -0.05) is 17.7 Å². The van der Waals surface area contributed by atoms with Crippen molar-refractivity contribution in [3.05, 3.63) is 28.8 Å². The van der Waals surface area contributed by atoms with Crippen LogP contribution in [-0.4, -0.2) is 18.4 Å². The van der Waals surface area contributed by atoms with Gasteiger partial charge in [-0.15, -0.1) is 11.6 Å². The monoisotopic (exact) mass is 261 g/mol. The lowest BCUT2D eigenvalue weighted by molar-refractivity contribution is -0.118. The number of hydrogen-bond donors (Lipinski definition) is 1. The standard InChI is InChI=1S/C11H13Cl2NO2/c1-2-16-10-4-3-8(5-9(10)13)7-14-11(15)6-12/h3-5H,2,6-7H2,1H3,(H,14,15). The third kappa shape index (κ3) is 3.91. The zero-order chi connectivity index (χ0) is 12.0. The van der Waals surface area contributed by atoms with Gasteiger partial charge in [-0.05, 0) is 24.6 Å². The van der Waals surface area contributed by atoms with E-state index in [4.69, 9.17) is 27.9 Å². The van der Waals surface area contributed by atoms with E-state index < -0.39 is 0 Å². The number of alkyl halides is 1. The van der Waals surface area contributed by atoms with E-state index in [-0.39, 0.29) is 11.8 Å². The van der Waals surface area contributed by atoms with Gasteiger partial charge in [0.2, 0.25) is 5.91 Å². The second-order valence-electron chi connectivity index (χ2n) is 3.11. The summed E-state index contributed by atoms with van der Waals surface area (Å²) in [6, 6.07) is 5.40. The molecule has 3 nitrogen and oxygen atoms in total. The summed E-state index contributed by atoms with van der Waals surface area (Å²) >= 11 is 11.4. The van der Waals surface area contributed by atoms with Gasteiger partial charge >= 0.3 is 0 Å². The minimum atomic E-state index is -0.202. The molecule has 1 amide bonds. The number of amides is 1. The zero-order valence-corrected chi connectivity index (χ0v) is 10.4. The molecule has 0 aliphatic rings. The fourth-order valence-corrected chi connectivity index (χ4v) is 1.53. The predicted octanol–water partition coefficient (Wildman–Crippen LogP) is 2.59. The predicted molar refractivity (Wildman–Crippen MR) is 65.2 cm³/mol. The van der Waals surface area contributed by atoms with Crippen molar-refractivity contribution in [2.24, 2.45) is 0 Å². The molecule has 0 unspecified atom stereocenters. The number of carbonyl (C=O) groups is 1. The second-order valence-corrected chi connectivity index (χ2v) is 3.78. The van der Waals surface area contributed by atoms with Crippen molar-refractivity contribution in [1.82, 2.24) is 5.32 Å². The van der Waals surface area contributed by atoms with E-state index in [0.29, 0.717) is 23.9 Å². The van der Waals surface area contributed by atoms with Crippen LogP contribution in [-0.2, 0) is 11.3 Å². The van der Waals surface area contributed by atoms with Crippen LogP contribution < -0.4 is 10.1 Å². The molecule has 0 heterocycles. The van der Waals surface area contributed by atoms with Crippen LogP contribution in [0.4, 0.5) is 0 Å². The molecule has 1 rings (SSSR count). The Hall–Kier alpha value is -0.930. The molecule has 5 heteroatoms. The highest BCUT2D eigenvalue weighted by atomic mass is 35.5. The van der Waals surface area contributed by atoms with Crippen LogP contribution >= 0.6 is 23.2 Å². The summed E-state index contributed by atoms with van der Waals surface area (Å²) in [5.41, 5.74) is 0.909. The minimum Gasteiger partial charge on any atom is -0.492 e. The quantitative estimate of drug-likeness (QED) is 0.828. The maximum absolute atomic E-state index is 10.9. The lowest BCUT2D eigenvalue weighted by Gasteiger charge is -2.08. The number of nitrogens with one attached hydrogen (secondary N) is 1. The Morgan fingerprint density at radius 1 is 1.50 bits per heavy atom. The summed E-state index contributed by atoms with van der Waals surface area (Å²) in [5, 5.41) is 3.20. The van der Waals surface area contributed by atoms with Gasteiger partial charge in [-0.25, -0.2) is 0 Å². The summed E-state index contributed by atoms with van der Waals surface area (Å²) in [6.07, 6.45) is 0. The van der Waals surface area contributed by atoms with Crippen LogP contribution in [0.2, 0.25) is 5.02 Å². The first-order valence-electron chi connectivity index (χ1n) is 4.91. The molecular weight excluding hydrogens is 249 g/mol. The van der Waals surface area contributed by atoms with Crippen molar-refractivity contribution < 1.29 is 9.53 Å².